The molecule has 0 saturated heterocycles. The summed E-state index contributed by atoms with van der Waals surface area (Å²) in [6, 6.07) is 6.00. The van der Waals surface area contributed by atoms with Gasteiger partial charge in [0.25, 0.3) is 0 Å². The molecule has 1 aliphatic rings. The van der Waals surface area contributed by atoms with Crippen molar-refractivity contribution in [3.05, 3.63) is 75.9 Å². The van der Waals surface area contributed by atoms with Gasteiger partial charge in [-0.25, -0.2) is 23.5 Å². The van der Waals surface area contributed by atoms with E-state index in [0.717, 1.165) is 23.8 Å². The number of ether oxygens (including phenoxy) is 1. The Labute approximate surface area is 196 Å². The van der Waals surface area contributed by atoms with Crippen LogP contribution in [0, 0.1) is 22.6 Å². The highest BCUT2D eigenvalue weighted by atomic mass is 19.1. The van der Waals surface area contributed by atoms with Gasteiger partial charge in [0.2, 0.25) is 0 Å². The lowest BCUT2D eigenvalue weighted by Crippen LogP contribution is -2.48. The number of alkyl halides is 1. The van der Waals surface area contributed by atoms with E-state index in [1.54, 1.807) is 23.1 Å². The molecule has 2 unspecified atom stereocenters. The fraction of sp³-hybridized carbons (Fsp3) is 0.360. The second-order valence-electron chi connectivity index (χ2n) is 8.98. The second kappa shape index (κ2) is 9.89. The van der Waals surface area contributed by atoms with Crippen LogP contribution in [0.25, 0.3) is 6.08 Å². The van der Waals surface area contributed by atoms with Crippen molar-refractivity contribution in [3.8, 4) is 0 Å². The van der Waals surface area contributed by atoms with Crippen molar-refractivity contribution in [2.45, 2.75) is 44.9 Å². The summed E-state index contributed by atoms with van der Waals surface area (Å²) in [4.78, 5) is 13.1. The molecule has 2 aromatic carbocycles. The molecule has 2 aromatic rings. The molecule has 0 aromatic heterocycles. The molecule has 2 N–H and O–H groups in total. The van der Waals surface area contributed by atoms with Gasteiger partial charge in [0.1, 0.15) is 17.3 Å². The van der Waals surface area contributed by atoms with Crippen LogP contribution >= 0.6 is 0 Å². The highest BCUT2D eigenvalue weighted by Gasteiger charge is 2.39. The molecule has 0 amide bonds. The first-order valence-electron chi connectivity index (χ1n) is 10.7. The first-order chi connectivity index (χ1) is 15.9. The zero-order valence-corrected chi connectivity index (χ0v) is 19.5. The van der Waals surface area contributed by atoms with Crippen molar-refractivity contribution < 1.29 is 22.7 Å². The SMILES string of the molecule is COC(=O)/C=C/c1cc(F)c(C2c3ccc(C(=N)N=N)cc3CC(C)N2CC(C)(C)F)c(F)c1. The molecular weight excluding hydrogens is 445 g/mol. The van der Waals surface area contributed by atoms with Gasteiger partial charge in [-0.15, -0.1) is 5.11 Å². The van der Waals surface area contributed by atoms with Gasteiger partial charge in [-0.3, -0.25) is 10.3 Å². The van der Waals surface area contributed by atoms with Gasteiger partial charge >= 0.3 is 5.97 Å². The quantitative estimate of drug-likeness (QED) is 0.189. The van der Waals surface area contributed by atoms with Crippen molar-refractivity contribution in [2.75, 3.05) is 13.7 Å². The number of nitrogens with one attached hydrogen (secondary N) is 2. The molecule has 0 saturated carbocycles. The predicted octanol–water partition coefficient (Wildman–Crippen LogP) is 5.59. The van der Waals surface area contributed by atoms with Gasteiger partial charge in [0, 0.05) is 29.8 Å². The average Bonchev–Trinajstić information content (AvgIpc) is 2.77. The third-order valence-electron chi connectivity index (χ3n) is 5.78. The fourth-order valence-electron chi connectivity index (χ4n) is 4.33. The first kappa shape index (κ1) is 25.3. The summed E-state index contributed by atoms with van der Waals surface area (Å²) < 4.78 is 50.1. The molecule has 1 heterocycles. The van der Waals surface area contributed by atoms with Crippen LogP contribution in [-0.4, -0.2) is 42.1 Å². The smallest absolute Gasteiger partial charge is 0.330 e. The van der Waals surface area contributed by atoms with Crippen LogP contribution in [0.2, 0.25) is 0 Å². The monoisotopic (exact) mass is 472 g/mol. The van der Waals surface area contributed by atoms with Crippen molar-refractivity contribution in [3.63, 3.8) is 0 Å². The van der Waals surface area contributed by atoms with Gasteiger partial charge in [-0.05, 0) is 68.2 Å². The molecule has 34 heavy (non-hydrogen) atoms. The second-order valence-corrected chi connectivity index (χ2v) is 8.98. The Hall–Kier alpha value is -3.33. The van der Waals surface area contributed by atoms with Crippen LogP contribution < -0.4 is 0 Å². The number of rotatable bonds is 6. The van der Waals surface area contributed by atoms with E-state index in [4.69, 9.17) is 10.9 Å². The number of benzene rings is 2. The van der Waals surface area contributed by atoms with Gasteiger partial charge in [-0.1, -0.05) is 12.1 Å². The van der Waals surface area contributed by atoms with E-state index in [-0.39, 0.29) is 29.5 Å². The third kappa shape index (κ3) is 5.41. The Morgan fingerprint density at radius 1 is 1.26 bits per heavy atom. The van der Waals surface area contributed by atoms with E-state index < -0.39 is 29.3 Å². The largest absolute Gasteiger partial charge is 0.466 e. The summed E-state index contributed by atoms with van der Waals surface area (Å²) in [6.45, 7) is 4.64. The fourth-order valence-corrected chi connectivity index (χ4v) is 4.33. The lowest BCUT2D eigenvalue weighted by Gasteiger charge is -2.44. The Morgan fingerprint density at radius 3 is 2.47 bits per heavy atom. The van der Waals surface area contributed by atoms with E-state index in [2.05, 4.69) is 9.85 Å². The van der Waals surface area contributed by atoms with E-state index in [9.17, 15) is 9.18 Å². The van der Waals surface area contributed by atoms with Gasteiger partial charge in [0.15, 0.2) is 5.84 Å². The number of hydrogen-bond acceptors (Lipinski definition) is 5. The Kier molecular flexibility index (Phi) is 7.35. The van der Waals surface area contributed by atoms with Crippen molar-refractivity contribution >= 4 is 17.9 Å². The molecule has 6 nitrogen and oxygen atoms in total. The summed E-state index contributed by atoms with van der Waals surface area (Å²) in [6.07, 6.45) is 2.80. The Bertz CT molecular complexity index is 1130. The zero-order valence-electron chi connectivity index (χ0n) is 19.5. The number of halogens is 3. The molecule has 0 fully saturated rings. The molecule has 3 rings (SSSR count). The van der Waals surface area contributed by atoms with Crippen LogP contribution in [0.15, 0.2) is 41.5 Å². The molecule has 0 radical (unpaired) electrons. The van der Waals surface area contributed by atoms with Crippen LogP contribution in [0.5, 0.6) is 0 Å². The van der Waals surface area contributed by atoms with E-state index >= 15 is 8.78 Å². The molecule has 1 aliphatic heterocycles. The van der Waals surface area contributed by atoms with Gasteiger partial charge in [-0.2, -0.15) is 0 Å². The number of nitrogens with zero attached hydrogens (tertiary/aromatic N) is 2. The first-order valence-corrected chi connectivity index (χ1v) is 10.7. The lowest BCUT2D eigenvalue weighted by molar-refractivity contribution is -0.134. The maximum absolute atomic E-state index is 15.4. The highest BCUT2D eigenvalue weighted by molar-refractivity contribution is 5.96. The van der Waals surface area contributed by atoms with Crippen LogP contribution in [0.3, 0.4) is 0 Å². The maximum atomic E-state index is 15.4. The molecular formula is C25H27F3N4O2. The van der Waals surface area contributed by atoms with E-state index in [0.29, 0.717) is 17.5 Å². The summed E-state index contributed by atoms with van der Waals surface area (Å²) in [5.74, 6) is -2.53. The van der Waals surface area contributed by atoms with Crippen LogP contribution in [-0.2, 0) is 16.0 Å². The van der Waals surface area contributed by atoms with Crippen molar-refractivity contribution in [1.29, 1.82) is 10.9 Å². The Balaban J connectivity index is 2.17. The number of carbonyl (C=O) groups is 1. The molecule has 9 heteroatoms. The highest BCUT2D eigenvalue weighted by Crippen LogP contribution is 2.41. The molecule has 0 bridgehead atoms. The van der Waals surface area contributed by atoms with Crippen molar-refractivity contribution in [1.82, 2.24) is 4.90 Å². The molecule has 0 aliphatic carbocycles. The number of fused-ring (bicyclic) bond motifs is 1. The minimum Gasteiger partial charge on any atom is -0.466 e. The zero-order chi connectivity index (χ0) is 25.2. The number of hydrogen-bond donors (Lipinski definition) is 2. The molecule has 180 valence electrons. The number of carbonyl (C=O) groups excluding carboxylic acids is 1. The van der Waals surface area contributed by atoms with Crippen LogP contribution in [0.4, 0.5) is 13.2 Å². The predicted molar refractivity (Wildman–Crippen MR) is 123 cm³/mol. The topological polar surface area (TPSA) is 89.6 Å². The number of amidine groups is 1. The molecule has 0 spiro atoms. The number of methoxy groups -OCH3 is 1. The maximum Gasteiger partial charge on any atom is 0.330 e. The van der Waals surface area contributed by atoms with E-state index in [1.807, 2.05) is 6.92 Å². The van der Waals surface area contributed by atoms with Crippen LogP contribution in [0.1, 0.15) is 54.6 Å². The summed E-state index contributed by atoms with van der Waals surface area (Å²) in [5.41, 5.74) is 7.17. The molecule has 2 atom stereocenters. The Morgan fingerprint density at radius 2 is 1.91 bits per heavy atom. The lowest BCUT2D eigenvalue weighted by atomic mass is 9.83. The van der Waals surface area contributed by atoms with Gasteiger partial charge in [0.05, 0.1) is 13.2 Å². The third-order valence-corrected chi connectivity index (χ3v) is 5.78. The summed E-state index contributed by atoms with van der Waals surface area (Å²) >= 11 is 0. The minimum atomic E-state index is -1.62. The normalized spacial score (nSPS) is 18.6. The number of esters is 1. The minimum absolute atomic E-state index is 0.0548. The van der Waals surface area contributed by atoms with E-state index in [1.165, 1.54) is 27.0 Å². The van der Waals surface area contributed by atoms with Crippen molar-refractivity contribution in [2.24, 2.45) is 5.11 Å². The average molecular weight is 473 g/mol. The van der Waals surface area contributed by atoms with Gasteiger partial charge < -0.3 is 4.74 Å². The standard InChI is InChI=1S/C25H27F3N4O2/c1-14-9-17-12-16(24(29)31-30)6-7-18(17)23(32(14)13-25(2,3)28)22-19(26)10-15(11-20(22)27)5-8-21(33)34-4/h5-8,10-12,14,23,29-30H,9,13H2,1-4H3/b8-5+,29-24?,31-30?. The summed E-state index contributed by atoms with van der Waals surface area (Å²) in [7, 11) is 1.20. The summed E-state index contributed by atoms with van der Waals surface area (Å²) in [5, 5.41) is 11.0.